The van der Waals surface area contributed by atoms with E-state index in [0.29, 0.717) is 5.75 Å². The van der Waals surface area contributed by atoms with Crippen molar-refractivity contribution in [2.75, 3.05) is 0 Å². The van der Waals surface area contributed by atoms with Gasteiger partial charge < -0.3 is 29.1 Å². The number of benzene rings is 3. The van der Waals surface area contributed by atoms with E-state index in [4.69, 9.17) is 0 Å². The van der Waals surface area contributed by atoms with Crippen molar-refractivity contribution in [2.45, 2.75) is 28.5 Å². The van der Waals surface area contributed by atoms with Crippen LogP contribution in [0, 0.1) is 13.8 Å². The van der Waals surface area contributed by atoms with Crippen molar-refractivity contribution in [3.8, 4) is 5.75 Å². The summed E-state index contributed by atoms with van der Waals surface area (Å²) in [5.74, 6) is 0.397. The molecule has 118 valence electrons. The molecule has 0 saturated heterocycles. The van der Waals surface area contributed by atoms with Crippen molar-refractivity contribution in [1.29, 1.82) is 0 Å². The van der Waals surface area contributed by atoms with Crippen LogP contribution in [-0.2, 0) is 10.9 Å². The zero-order valence-corrected chi connectivity index (χ0v) is 16.1. The van der Waals surface area contributed by atoms with Crippen LogP contribution in [0.2, 0.25) is 0 Å². The minimum Gasteiger partial charge on any atom is -1.00 e. The molecule has 0 heterocycles. The number of rotatable bonds is 3. The Kier molecular flexibility index (Phi) is 6.13. The molecule has 23 heavy (non-hydrogen) atoms. The fourth-order valence-electron chi connectivity index (χ4n) is 2.56. The van der Waals surface area contributed by atoms with Crippen molar-refractivity contribution in [2.24, 2.45) is 0 Å². The third-order valence-electron chi connectivity index (χ3n) is 3.66. The van der Waals surface area contributed by atoms with Gasteiger partial charge in [0.1, 0.15) is 5.75 Å². The molecule has 0 aromatic heterocycles. The highest BCUT2D eigenvalue weighted by molar-refractivity contribution is 7.97. The topological polar surface area (TPSA) is 20.2 Å². The van der Waals surface area contributed by atoms with Crippen LogP contribution < -0.4 is 24.0 Å². The summed E-state index contributed by atoms with van der Waals surface area (Å²) in [5, 5.41) is 10.1. The molecule has 3 aromatic carbocycles. The van der Waals surface area contributed by atoms with Crippen LogP contribution in [0.25, 0.3) is 0 Å². The van der Waals surface area contributed by atoms with Crippen molar-refractivity contribution < 1.29 is 29.1 Å². The van der Waals surface area contributed by atoms with Gasteiger partial charge in [-0.05, 0) is 49.2 Å². The molecule has 0 aliphatic carbocycles. The van der Waals surface area contributed by atoms with Gasteiger partial charge in [-0.25, -0.2) is 0 Å². The first-order valence-corrected chi connectivity index (χ1v) is 8.54. The Morgan fingerprint density at radius 3 is 1.43 bits per heavy atom. The molecule has 1 N–H and O–H groups in total. The third-order valence-corrected chi connectivity index (χ3v) is 5.85. The molecule has 0 saturated carbocycles. The summed E-state index contributed by atoms with van der Waals surface area (Å²) in [5.41, 5.74) is 1.86. The van der Waals surface area contributed by atoms with Gasteiger partial charge in [0.2, 0.25) is 0 Å². The van der Waals surface area contributed by atoms with Crippen LogP contribution in [0.15, 0.2) is 87.5 Å². The van der Waals surface area contributed by atoms with Crippen LogP contribution in [0.1, 0.15) is 11.1 Å². The third kappa shape index (κ3) is 3.90. The first-order chi connectivity index (χ1) is 10.7. The molecule has 0 aliphatic heterocycles. The molecule has 0 fully saturated rings. The minimum absolute atomic E-state index is 0. The number of phenolic OH excluding ortho intramolecular Hbond substituents is 1. The molecule has 0 amide bonds. The fourth-order valence-corrected chi connectivity index (χ4v) is 4.82. The van der Waals surface area contributed by atoms with Gasteiger partial charge in [-0.15, -0.1) is 0 Å². The Morgan fingerprint density at radius 1 is 0.652 bits per heavy atom. The molecule has 0 unspecified atom stereocenters. The average Bonchev–Trinajstić information content (AvgIpc) is 2.55. The molecule has 0 radical (unpaired) electrons. The normalized spacial score (nSPS) is 10.4. The van der Waals surface area contributed by atoms with E-state index in [1.54, 1.807) is 0 Å². The van der Waals surface area contributed by atoms with E-state index in [2.05, 4.69) is 60.7 Å². The van der Waals surface area contributed by atoms with Gasteiger partial charge in [0.25, 0.3) is 0 Å². The Bertz CT molecular complexity index is 710. The monoisotopic (exact) mass is 434 g/mol. The molecule has 0 atom stereocenters. The summed E-state index contributed by atoms with van der Waals surface area (Å²) in [6.07, 6.45) is 0. The van der Waals surface area contributed by atoms with Gasteiger partial charge in [-0.3, -0.25) is 0 Å². The highest BCUT2D eigenvalue weighted by Gasteiger charge is 2.29. The van der Waals surface area contributed by atoms with Gasteiger partial charge >= 0.3 is 0 Å². The highest BCUT2D eigenvalue weighted by atomic mass is 127. The van der Waals surface area contributed by atoms with Gasteiger partial charge in [0.05, 0.1) is 10.9 Å². The lowest BCUT2D eigenvalue weighted by atomic mass is 10.1. The van der Waals surface area contributed by atoms with E-state index in [-0.39, 0.29) is 34.9 Å². The average molecular weight is 434 g/mol. The van der Waals surface area contributed by atoms with Crippen LogP contribution in [0.3, 0.4) is 0 Å². The van der Waals surface area contributed by atoms with Gasteiger partial charge in [0.15, 0.2) is 14.7 Å². The zero-order chi connectivity index (χ0) is 15.5. The quantitative estimate of drug-likeness (QED) is 0.495. The van der Waals surface area contributed by atoms with Crippen molar-refractivity contribution in [3.05, 3.63) is 83.9 Å². The van der Waals surface area contributed by atoms with E-state index in [9.17, 15) is 5.11 Å². The maximum Gasteiger partial charge on any atom is 0.167 e. The van der Waals surface area contributed by atoms with Crippen LogP contribution in [-0.4, -0.2) is 5.11 Å². The number of aryl methyl sites for hydroxylation is 2. The molecule has 0 spiro atoms. The first-order valence-electron chi connectivity index (χ1n) is 7.31. The lowest BCUT2D eigenvalue weighted by Gasteiger charge is -2.10. The first kappa shape index (κ1) is 17.9. The van der Waals surface area contributed by atoms with E-state index >= 15 is 0 Å². The number of phenols is 1. The van der Waals surface area contributed by atoms with Gasteiger partial charge in [0, 0.05) is 12.1 Å². The molecule has 1 nitrogen and oxygen atoms in total. The lowest BCUT2D eigenvalue weighted by Crippen LogP contribution is -3.00. The minimum atomic E-state index is -0.155. The zero-order valence-electron chi connectivity index (χ0n) is 13.2. The maximum absolute atomic E-state index is 10.1. The second kappa shape index (κ2) is 7.88. The molecule has 0 bridgehead atoms. The predicted molar refractivity (Wildman–Crippen MR) is 92.6 cm³/mol. The summed E-state index contributed by atoms with van der Waals surface area (Å²) in [6.45, 7) is 3.92. The molecular weight excluding hydrogens is 415 g/mol. The van der Waals surface area contributed by atoms with E-state index in [1.807, 2.05) is 26.0 Å². The molecule has 3 rings (SSSR count). The number of hydrogen-bond donors (Lipinski definition) is 1. The van der Waals surface area contributed by atoms with Gasteiger partial charge in [-0.2, -0.15) is 0 Å². The van der Waals surface area contributed by atoms with Crippen molar-refractivity contribution in [3.63, 3.8) is 0 Å². The van der Waals surface area contributed by atoms with E-state index in [1.165, 1.54) is 14.7 Å². The number of hydrogen-bond acceptors (Lipinski definition) is 1. The number of halogens is 1. The summed E-state index contributed by atoms with van der Waals surface area (Å²) in [7, 11) is -0.155. The summed E-state index contributed by atoms with van der Waals surface area (Å²) in [6, 6.07) is 25.3. The Labute approximate surface area is 157 Å². The molecule has 3 aromatic rings. The fraction of sp³-hybridized carbons (Fsp3) is 0.100. The molecule has 0 aliphatic rings. The summed E-state index contributed by atoms with van der Waals surface area (Å²) >= 11 is 0. The van der Waals surface area contributed by atoms with Crippen LogP contribution >= 0.6 is 0 Å². The molecule has 3 heteroatoms. The second-order valence-corrected chi connectivity index (χ2v) is 7.36. The molecular formula is C20H19IOS. The Morgan fingerprint density at radius 2 is 1.04 bits per heavy atom. The Hall–Kier alpha value is -1.46. The van der Waals surface area contributed by atoms with Crippen molar-refractivity contribution in [1.82, 2.24) is 0 Å². The predicted octanol–water partition coefficient (Wildman–Crippen LogP) is 2.11. The maximum atomic E-state index is 10.1. The van der Waals surface area contributed by atoms with Gasteiger partial charge in [-0.1, -0.05) is 36.4 Å². The van der Waals surface area contributed by atoms with Crippen LogP contribution in [0.5, 0.6) is 5.75 Å². The van der Waals surface area contributed by atoms with Crippen LogP contribution in [0.4, 0.5) is 0 Å². The van der Waals surface area contributed by atoms with Crippen molar-refractivity contribution >= 4 is 10.9 Å². The summed E-state index contributed by atoms with van der Waals surface area (Å²) in [4.78, 5) is 3.82. The second-order valence-electron chi connectivity index (χ2n) is 5.34. The number of aromatic hydroxyl groups is 1. The van der Waals surface area contributed by atoms with E-state index in [0.717, 1.165) is 11.1 Å². The Balaban J connectivity index is 0.00000192. The standard InChI is InChI=1S/C20H18OS.HI/c1-15-13-19(14-16(2)20(15)21)22(17-9-5-3-6-10-17)18-11-7-4-8-12-18;/h3-14H,1-2H3;1H. The largest absolute Gasteiger partial charge is 1.00 e. The lowest BCUT2D eigenvalue weighted by molar-refractivity contribution is -0.00000540. The summed E-state index contributed by atoms with van der Waals surface area (Å²) < 4.78 is 0. The SMILES string of the molecule is Cc1cc([S+](c2ccccc2)c2ccccc2)cc(C)c1O.[I-]. The highest BCUT2D eigenvalue weighted by Crippen LogP contribution is 2.34. The van der Waals surface area contributed by atoms with E-state index < -0.39 is 0 Å². The smallest absolute Gasteiger partial charge is 0.167 e.